The summed E-state index contributed by atoms with van der Waals surface area (Å²) in [6.45, 7) is 0.540. The SMILES string of the molecule is O=C(NCCC=Cc1cc([N+](=O)[O-])c[nH]c1=O)OCC1c2ccccc2-c2ccccc21. The van der Waals surface area contributed by atoms with Crippen molar-refractivity contribution in [2.75, 3.05) is 13.2 Å². The minimum Gasteiger partial charge on any atom is -0.449 e. The molecule has 0 unspecified atom stereocenters. The molecule has 0 radical (unpaired) electrons. The molecule has 8 nitrogen and oxygen atoms in total. The maximum atomic E-state index is 12.1. The number of aromatic amines is 1. The Morgan fingerprint density at radius 1 is 1.12 bits per heavy atom. The van der Waals surface area contributed by atoms with E-state index in [9.17, 15) is 19.7 Å². The summed E-state index contributed by atoms with van der Waals surface area (Å²) in [4.78, 5) is 36.4. The summed E-state index contributed by atoms with van der Waals surface area (Å²) in [6, 6.07) is 17.4. The molecule has 0 bridgehead atoms. The summed E-state index contributed by atoms with van der Waals surface area (Å²) in [5, 5.41) is 13.5. The van der Waals surface area contributed by atoms with Crippen LogP contribution in [0.4, 0.5) is 10.5 Å². The lowest BCUT2D eigenvalue weighted by Gasteiger charge is -2.14. The molecule has 2 aromatic carbocycles. The van der Waals surface area contributed by atoms with Gasteiger partial charge in [-0.1, -0.05) is 60.7 Å². The first-order valence-electron chi connectivity index (χ1n) is 10.2. The molecule has 3 aromatic rings. The van der Waals surface area contributed by atoms with Crippen LogP contribution in [0.1, 0.15) is 29.0 Å². The van der Waals surface area contributed by atoms with E-state index in [2.05, 4.69) is 34.6 Å². The van der Waals surface area contributed by atoms with E-state index in [1.807, 2.05) is 24.3 Å². The number of nitrogens with zero attached hydrogens (tertiary/aromatic N) is 1. The molecular formula is C24H21N3O5. The summed E-state index contributed by atoms with van der Waals surface area (Å²) >= 11 is 0. The van der Waals surface area contributed by atoms with Crippen LogP contribution in [0.2, 0.25) is 0 Å². The second-order valence-electron chi connectivity index (χ2n) is 7.34. The molecule has 0 saturated carbocycles. The maximum Gasteiger partial charge on any atom is 0.407 e. The molecule has 0 spiro atoms. The van der Waals surface area contributed by atoms with Gasteiger partial charge in [-0.25, -0.2) is 4.79 Å². The molecule has 1 heterocycles. The Kier molecular flexibility index (Phi) is 6.12. The number of amides is 1. The first-order chi connectivity index (χ1) is 15.5. The number of nitro groups is 1. The number of benzene rings is 2. The zero-order chi connectivity index (χ0) is 22.5. The van der Waals surface area contributed by atoms with Crippen molar-refractivity contribution in [3.8, 4) is 11.1 Å². The van der Waals surface area contributed by atoms with Crippen molar-refractivity contribution in [3.05, 3.63) is 104 Å². The van der Waals surface area contributed by atoms with Crippen molar-refractivity contribution in [2.24, 2.45) is 0 Å². The Hall–Kier alpha value is -4.20. The van der Waals surface area contributed by atoms with Crippen LogP contribution in [0.15, 0.2) is 71.7 Å². The highest BCUT2D eigenvalue weighted by Crippen LogP contribution is 2.44. The van der Waals surface area contributed by atoms with Crippen molar-refractivity contribution in [2.45, 2.75) is 12.3 Å². The van der Waals surface area contributed by atoms with Gasteiger partial charge in [0, 0.05) is 24.1 Å². The standard InChI is InChI=1S/C24H21N3O5/c28-23-16(13-17(14-26-23)27(30)31)7-5-6-12-25-24(29)32-15-22-20-10-3-1-8-18(20)19-9-2-4-11-21(19)22/h1-5,7-11,13-14,22H,6,12,15H2,(H,25,29)(H,26,28). The van der Waals surface area contributed by atoms with Crippen molar-refractivity contribution >= 4 is 17.9 Å². The van der Waals surface area contributed by atoms with Crippen LogP contribution >= 0.6 is 0 Å². The highest BCUT2D eigenvalue weighted by Gasteiger charge is 2.28. The van der Waals surface area contributed by atoms with E-state index in [1.165, 1.54) is 23.3 Å². The lowest BCUT2D eigenvalue weighted by molar-refractivity contribution is -0.385. The molecule has 1 aromatic heterocycles. The minimum absolute atomic E-state index is 0.00589. The third-order valence-electron chi connectivity index (χ3n) is 5.35. The van der Waals surface area contributed by atoms with Gasteiger partial charge < -0.3 is 15.0 Å². The second kappa shape index (κ2) is 9.30. The molecule has 1 aliphatic carbocycles. The molecule has 32 heavy (non-hydrogen) atoms. The van der Waals surface area contributed by atoms with Crippen molar-refractivity contribution in [1.29, 1.82) is 0 Å². The van der Waals surface area contributed by atoms with Gasteiger partial charge in [0.1, 0.15) is 6.61 Å². The van der Waals surface area contributed by atoms with E-state index in [1.54, 1.807) is 6.08 Å². The number of carbonyl (C=O) groups excluding carboxylic acids is 1. The third-order valence-corrected chi connectivity index (χ3v) is 5.35. The van der Waals surface area contributed by atoms with Crippen molar-refractivity contribution < 1.29 is 14.5 Å². The predicted octanol–water partition coefficient (Wildman–Crippen LogP) is 4.23. The number of hydrogen-bond acceptors (Lipinski definition) is 5. The van der Waals surface area contributed by atoms with Crippen LogP contribution in [-0.4, -0.2) is 29.2 Å². The number of nitrogens with one attached hydrogen (secondary N) is 2. The van der Waals surface area contributed by atoms with E-state index in [4.69, 9.17) is 4.74 Å². The van der Waals surface area contributed by atoms with Crippen LogP contribution in [0.3, 0.4) is 0 Å². The number of rotatable bonds is 7. The molecule has 4 rings (SSSR count). The average molecular weight is 431 g/mol. The summed E-state index contributed by atoms with van der Waals surface area (Å²) in [6.07, 6.45) is 4.13. The number of hydrogen-bond donors (Lipinski definition) is 2. The van der Waals surface area contributed by atoms with Crippen LogP contribution in [0.25, 0.3) is 17.2 Å². The van der Waals surface area contributed by atoms with Crippen molar-refractivity contribution in [1.82, 2.24) is 10.3 Å². The number of H-pyrrole nitrogens is 1. The quantitative estimate of drug-likeness (QED) is 0.330. The molecule has 2 N–H and O–H groups in total. The van der Waals surface area contributed by atoms with Crippen LogP contribution in [0.5, 0.6) is 0 Å². The second-order valence-corrected chi connectivity index (χ2v) is 7.34. The Balaban J connectivity index is 1.29. The van der Waals surface area contributed by atoms with Gasteiger partial charge in [0.25, 0.3) is 11.2 Å². The number of alkyl carbamates (subject to hydrolysis) is 1. The first-order valence-corrected chi connectivity index (χ1v) is 10.2. The fraction of sp³-hybridized carbons (Fsp3) is 0.167. The predicted molar refractivity (Wildman–Crippen MR) is 120 cm³/mol. The van der Waals surface area contributed by atoms with Gasteiger partial charge >= 0.3 is 6.09 Å². The highest BCUT2D eigenvalue weighted by atomic mass is 16.6. The molecule has 162 valence electrons. The maximum absolute atomic E-state index is 12.1. The Morgan fingerprint density at radius 3 is 2.44 bits per heavy atom. The van der Waals surface area contributed by atoms with Gasteiger partial charge in [-0.2, -0.15) is 0 Å². The number of ether oxygens (including phenoxy) is 1. The molecule has 0 atom stereocenters. The number of fused-ring (bicyclic) bond motifs is 3. The summed E-state index contributed by atoms with van der Waals surface area (Å²) < 4.78 is 5.46. The normalized spacial score (nSPS) is 12.4. The molecule has 0 saturated heterocycles. The zero-order valence-electron chi connectivity index (χ0n) is 17.1. The summed E-state index contributed by atoms with van der Waals surface area (Å²) in [5.74, 6) is -0.00589. The van der Waals surface area contributed by atoms with Gasteiger partial charge in [-0.05, 0) is 28.7 Å². The molecule has 1 amide bonds. The van der Waals surface area contributed by atoms with Gasteiger partial charge in [-0.3, -0.25) is 14.9 Å². The molecular weight excluding hydrogens is 410 g/mol. The largest absolute Gasteiger partial charge is 0.449 e. The van der Waals surface area contributed by atoms with E-state index >= 15 is 0 Å². The third kappa shape index (κ3) is 4.44. The monoisotopic (exact) mass is 431 g/mol. The van der Waals surface area contributed by atoms with E-state index in [-0.39, 0.29) is 23.8 Å². The molecule has 0 aliphatic heterocycles. The van der Waals surface area contributed by atoms with Crippen molar-refractivity contribution in [3.63, 3.8) is 0 Å². The summed E-state index contributed by atoms with van der Waals surface area (Å²) in [7, 11) is 0. The molecule has 8 heteroatoms. The van der Waals surface area contributed by atoms with Crippen LogP contribution < -0.4 is 10.9 Å². The Morgan fingerprint density at radius 2 is 1.78 bits per heavy atom. The van der Waals surface area contributed by atoms with Gasteiger partial charge in [0.2, 0.25) is 0 Å². The topological polar surface area (TPSA) is 114 Å². The Bertz CT molecular complexity index is 1200. The fourth-order valence-corrected chi connectivity index (χ4v) is 3.84. The minimum atomic E-state index is -0.577. The van der Waals surface area contributed by atoms with E-state index in [0.717, 1.165) is 17.3 Å². The Labute approximate surface area is 183 Å². The van der Waals surface area contributed by atoms with Gasteiger partial charge in [-0.15, -0.1) is 0 Å². The van der Waals surface area contributed by atoms with Crippen LogP contribution in [-0.2, 0) is 4.74 Å². The number of carbonyl (C=O) groups is 1. The smallest absolute Gasteiger partial charge is 0.407 e. The molecule has 0 fully saturated rings. The number of pyridine rings is 1. The van der Waals surface area contributed by atoms with Gasteiger partial charge in [0.15, 0.2) is 0 Å². The lowest BCUT2D eigenvalue weighted by Crippen LogP contribution is -2.26. The van der Waals surface area contributed by atoms with E-state index < -0.39 is 16.6 Å². The van der Waals surface area contributed by atoms with Gasteiger partial charge in [0.05, 0.1) is 11.1 Å². The lowest BCUT2D eigenvalue weighted by atomic mass is 9.98. The highest BCUT2D eigenvalue weighted by molar-refractivity contribution is 5.79. The van der Waals surface area contributed by atoms with E-state index in [0.29, 0.717) is 13.0 Å². The zero-order valence-corrected chi connectivity index (χ0v) is 17.1. The number of aromatic nitrogens is 1. The molecule has 1 aliphatic rings. The summed E-state index contributed by atoms with van der Waals surface area (Å²) in [5.41, 5.74) is 4.19. The average Bonchev–Trinajstić information content (AvgIpc) is 3.12. The van der Waals surface area contributed by atoms with Crippen LogP contribution in [0, 0.1) is 10.1 Å². The first kappa shape index (κ1) is 21.0. The fourth-order valence-electron chi connectivity index (χ4n) is 3.84.